The predicted octanol–water partition coefficient (Wildman–Crippen LogP) is 3.40. The van der Waals surface area contributed by atoms with E-state index in [1.165, 1.54) is 0 Å². The second-order valence-electron chi connectivity index (χ2n) is 6.30. The van der Waals surface area contributed by atoms with E-state index in [9.17, 15) is 0 Å². The first-order valence-corrected chi connectivity index (χ1v) is 7.70. The van der Waals surface area contributed by atoms with Crippen LogP contribution in [0.5, 0.6) is 5.88 Å². The van der Waals surface area contributed by atoms with Crippen LogP contribution in [0.3, 0.4) is 0 Å². The summed E-state index contributed by atoms with van der Waals surface area (Å²) >= 11 is 0. The van der Waals surface area contributed by atoms with Crippen LogP contribution in [0.1, 0.15) is 53.8 Å². The number of aromatic nitrogens is 2. The highest BCUT2D eigenvalue weighted by molar-refractivity contribution is 5.39. The van der Waals surface area contributed by atoms with E-state index in [1.54, 1.807) is 0 Å². The molecule has 1 N–H and O–H groups in total. The van der Waals surface area contributed by atoms with Gasteiger partial charge in [0.1, 0.15) is 11.6 Å². The number of rotatable bonds is 8. The Kier molecular flexibility index (Phi) is 6.89. The van der Waals surface area contributed by atoms with Crippen LogP contribution in [0.2, 0.25) is 0 Å². The Morgan fingerprint density at radius 1 is 1.24 bits per heavy atom. The van der Waals surface area contributed by atoms with Crippen molar-refractivity contribution in [3.8, 4) is 5.88 Å². The molecule has 5 nitrogen and oxygen atoms in total. The summed E-state index contributed by atoms with van der Waals surface area (Å²) in [4.78, 5) is 9.04. The van der Waals surface area contributed by atoms with Gasteiger partial charge in [-0.15, -0.1) is 0 Å². The van der Waals surface area contributed by atoms with E-state index in [0.717, 1.165) is 31.2 Å². The zero-order chi connectivity index (χ0) is 15.9. The molecule has 0 fully saturated rings. The second kappa shape index (κ2) is 8.17. The third-order valence-corrected chi connectivity index (χ3v) is 2.74. The molecule has 0 spiro atoms. The van der Waals surface area contributed by atoms with Crippen molar-refractivity contribution in [2.75, 3.05) is 25.1 Å². The summed E-state index contributed by atoms with van der Waals surface area (Å²) in [5.74, 6) is 2.22. The zero-order valence-corrected chi connectivity index (χ0v) is 14.2. The zero-order valence-electron chi connectivity index (χ0n) is 14.2. The van der Waals surface area contributed by atoms with Gasteiger partial charge in [-0.2, -0.15) is 4.98 Å². The Bertz CT molecular complexity index is 428. The first-order valence-electron chi connectivity index (χ1n) is 7.70. The monoisotopic (exact) mass is 295 g/mol. The summed E-state index contributed by atoms with van der Waals surface area (Å²) in [6.07, 6.45) is 1.22. The van der Waals surface area contributed by atoms with Gasteiger partial charge in [-0.25, -0.2) is 4.98 Å². The van der Waals surface area contributed by atoms with Crippen LogP contribution in [0.15, 0.2) is 6.07 Å². The highest BCUT2D eigenvalue weighted by Crippen LogP contribution is 2.23. The third kappa shape index (κ3) is 6.76. The lowest BCUT2D eigenvalue weighted by molar-refractivity contribution is 0.0787. The van der Waals surface area contributed by atoms with Crippen molar-refractivity contribution in [3.05, 3.63) is 11.9 Å². The van der Waals surface area contributed by atoms with Crippen LogP contribution in [0.25, 0.3) is 0 Å². The van der Waals surface area contributed by atoms with Crippen LogP contribution in [0.4, 0.5) is 5.82 Å². The average molecular weight is 295 g/mol. The summed E-state index contributed by atoms with van der Waals surface area (Å²) in [6.45, 7) is 14.5. The minimum absolute atomic E-state index is 0.107. The standard InChI is InChI=1S/C16H29N3O2/c1-7-20-14-11-13(17-9-8-10-21-12(2)3)18-15(19-14)16(4,5)6/h11-12H,7-10H2,1-6H3,(H,17,18,19). The Balaban J connectivity index is 2.65. The van der Waals surface area contributed by atoms with Gasteiger partial charge in [-0.05, 0) is 27.2 Å². The van der Waals surface area contributed by atoms with Crippen molar-refractivity contribution < 1.29 is 9.47 Å². The topological polar surface area (TPSA) is 56.3 Å². The second-order valence-corrected chi connectivity index (χ2v) is 6.30. The van der Waals surface area contributed by atoms with Crippen molar-refractivity contribution in [1.82, 2.24) is 9.97 Å². The molecule has 0 saturated carbocycles. The van der Waals surface area contributed by atoms with Crippen LogP contribution >= 0.6 is 0 Å². The fraction of sp³-hybridized carbons (Fsp3) is 0.750. The molecule has 0 saturated heterocycles. The highest BCUT2D eigenvalue weighted by Gasteiger charge is 2.19. The summed E-state index contributed by atoms with van der Waals surface area (Å²) in [5.41, 5.74) is -0.107. The number of ether oxygens (including phenoxy) is 2. The van der Waals surface area contributed by atoms with Crippen molar-refractivity contribution in [2.24, 2.45) is 0 Å². The Morgan fingerprint density at radius 2 is 1.95 bits per heavy atom. The van der Waals surface area contributed by atoms with Gasteiger partial charge < -0.3 is 14.8 Å². The Morgan fingerprint density at radius 3 is 2.52 bits per heavy atom. The van der Waals surface area contributed by atoms with E-state index in [0.29, 0.717) is 12.5 Å². The molecule has 1 heterocycles. The molecular formula is C16H29N3O2. The fourth-order valence-electron chi connectivity index (χ4n) is 1.68. The number of anilines is 1. The van der Waals surface area contributed by atoms with Crippen LogP contribution < -0.4 is 10.1 Å². The first-order chi connectivity index (χ1) is 9.82. The van der Waals surface area contributed by atoms with E-state index in [2.05, 4.69) is 36.1 Å². The average Bonchev–Trinajstić information content (AvgIpc) is 2.37. The molecule has 0 atom stereocenters. The van der Waals surface area contributed by atoms with Gasteiger partial charge in [-0.1, -0.05) is 20.8 Å². The maximum atomic E-state index is 5.53. The number of hydrogen-bond acceptors (Lipinski definition) is 5. The van der Waals surface area contributed by atoms with E-state index < -0.39 is 0 Å². The van der Waals surface area contributed by atoms with E-state index in [4.69, 9.17) is 9.47 Å². The molecule has 0 radical (unpaired) electrons. The summed E-state index contributed by atoms with van der Waals surface area (Å²) in [6, 6.07) is 1.85. The molecule has 0 aliphatic carbocycles. The molecule has 0 aliphatic heterocycles. The van der Waals surface area contributed by atoms with Crippen molar-refractivity contribution >= 4 is 5.82 Å². The number of nitrogens with zero attached hydrogens (tertiary/aromatic N) is 2. The number of nitrogens with one attached hydrogen (secondary N) is 1. The smallest absolute Gasteiger partial charge is 0.218 e. The molecule has 0 aliphatic rings. The van der Waals surface area contributed by atoms with Gasteiger partial charge in [0.25, 0.3) is 0 Å². The Labute approximate surface area is 128 Å². The molecule has 5 heteroatoms. The first kappa shape index (κ1) is 17.7. The maximum absolute atomic E-state index is 5.53. The predicted molar refractivity (Wildman–Crippen MR) is 86.1 cm³/mol. The van der Waals surface area contributed by atoms with E-state index >= 15 is 0 Å². The molecule has 0 unspecified atom stereocenters. The van der Waals surface area contributed by atoms with Crippen molar-refractivity contribution in [3.63, 3.8) is 0 Å². The van der Waals surface area contributed by atoms with Crippen LogP contribution in [-0.2, 0) is 10.2 Å². The normalized spacial score (nSPS) is 11.8. The summed E-state index contributed by atoms with van der Waals surface area (Å²) in [5, 5.41) is 3.32. The van der Waals surface area contributed by atoms with Crippen LogP contribution in [-0.4, -0.2) is 35.8 Å². The highest BCUT2D eigenvalue weighted by atomic mass is 16.5. The molecule has 0 bridgehead atoms. The maximum Gasteiger partial charge on any atom is 0.218 e. The summed E-state index contributed by atoms with van der Waals surface area (Å²) < 4.78 is 11.0. The van der Waals surface area contributed by atoms with Gasteiger partial charge in [0.05, 0.1) is 12.7 Å². The molecule has 0 amide bonds. The minimum atomic E-state index is -0.107. The van der Waals surface area contributed by atoms with Gasteiger partial charge >= 0.3 is 0 Å². The lowest BCUT2D eigenvalue weighted by atomic mass is 9.96. The molecule has 1 rings (SSSR count). The largest absolute Gasteiger partial charge is 0.478 e. The molecular weight excluding hydrogens is 266 g/mol. The van der Waals surface area contributed by atoms with Gasteiger partial charge in [0.2, 0.25) is 5.88 Å². The fourth-order valence-corrected chi connectivity index (χ4v) is 1.68. The van der Waals surface area contributed by atoms with E-state index in [-0.39, 0.29) is 11.5 Å². The van der Waals surface area contributed by atoms with Gasteiger partial charge in [-0.3, -0.25) is 0 Å². The minimum Gasteiger partial charge on any atom is -0.478 e. The van der Waals surface area contributed by atoms with Crippen molar-refractivity contribution in [1.29, 1.82) is 0 Å². The number of hydrogen-bond donors (Lipinski definition) is 1. The molecule has 1 aromatic rings. The van der Waals surface area contributed by atoms with E-state index in [1.807, 2.05) is 26.8 Å². The summed E-state index contributed by atoms with van der Waals surface area (Å²) in [7, 11) is 0. The Hall–Kier alpha value is -1.36. The molecule has 0 aromatic carbocycles. The third-order valence-electron chi connectivity index (χ3n) is 2.74. The quantitative estimate of drug-likeness (QED) is 0.745. The SMILES string of the molecule is CCOc1cc(NCCCOC(C)C)nc(C(C)(C)C)n1. The molecule has 1 aromatic heterocycles. The molecule has 120 valence electrons. The lowest BCUT2D eigenvalue weighted by Gasteiger charge is -2.19. The van der Waals surface area contributed by atoms with Gasteiger partial charge in [0.15, 0.2) is 0 Å². The molecule has 21 heavy (non-hydrogen) atoms. The lowest BCUT2D eigenvalue weighted by Crippen LogP contribution is -2.18. The van der Waals surface area contributed by atoms with Crippen molar-refractivity contribution in [2.45, 2.75) is 59.5 Å². The van der Waals surface area contributed by atoms with Gasteiger partial charge in [0, 0.05) is 24.6 Å². The van der Waals surface area contributed by atoms with Crippen LogP contribution in [0, 0.1) is 0 Å².